The fourth-order valence-corrected chi connectivity index (χ4v) is 3.54. The fourth-order valence-electron chi connectivity index (χ4n) is 2.25. The zero-order valence-corrected chi connectivity index (χ0v) is 14.9. The van der Waals surface area contributed by atoms with Crippen LogP contribution in [0.5, 0.6) is 5.75 Å². The standard InChI is InChI=1S/C17H19FN2O4S/c1-11-9-16(12(2)8-15(11)24-3)25(22,23)19-10-17(21)20-14-6-4-13(18)5-7-14/h4-9,19H,10H2,1-3H3,(H,20,21). The number of hydrogen-bond donors (Lipinski definition) is 2. The molecule has 0 radical (unpaired) electrons. The van der Waals surface area contributed by atoms with Crippen LogP contribution < -0.4 is 14.8 Å². The van der Waals surface area contributed by atoms with E-state index in [1.807, 2.05) is 0 Å². The average molecular weight is 366 g/mol. The van der Waals surface area contributed by atoms with Gasteiger partial charge in [-0.05, 0) is 61.4 Å². The highest BCUT2D eigenvalue weighted by Gasteiger charge is 2.19. The molecule has 6 nitrogen and oxygen atoms in total. The lowest BCUT2D eigenvalue weighted by atomic mass is 10.1. The molecule has 0 aliphatic heterocycles. The molecule has 2 rings (SSSR count). The highest BCUT2D eigenvalue weighted by atomic mass is 32.2. The molecular weight excluding hydrogens is 347 g/mol. The molecule has 0 aromatic heterocycles. The Labute approximate surface area is 146 Å². The van der Waals surface area contributed by atoms with Crippen LogP contribution in [0.15, 0.2) is 41.3 Å². The van der Waals surface area contributed by atoms with Crippen molar-refractivity contribution in [3.8, 4) is 5.75 Å². The summed E-state index contributed by atoms with van der Waals surface area (Å²) in [6, 6.07) is 8.29. The first-order valence-electron chi connectivity index (χ1n) is 7.43. The van der Waals surface area contributed by atoms with Gasteiger partial charge in [-0.3, -0.25) is 4.79 Å². The minimum Gasteiger partial charge on any atom is -0.496 e. The molecule has 0 saturated heterocycles. The number of carbonyl (C=O) groups is 1. The number of anilines is 1. The number of nitrogens with one attached hydrogen (secondary N) is 2. The summed E-state index contributed by atoms with van der Waals surface area (Å²) in [7, 11) is -2.35. The molecule has 0 atom stereocenters. The van der Waals surface area contributed by atoms with Crippen molar-refractivity contribution < 1.29 is 22.3 Å². The van der Waals surface area contributed by atoms with Crippen LogP contribution >= 0.6 is 0 Å². The molecule has 8 heteroatoms. The first-order valence-corrected chi connectivity index (χ1v) is 8.91. The van der Waals surface area contributed by atoms with E-state index in [0.717, 1.165) is 0 Å². The number of benzene rings is 2. The van der Waals surface area contributed by atoms with Gasteiger partial charge in [-0.2, -0.15) is 0 Å². The van der Waals surface area contributed by atoms with E-state index in [2.05, 4.69) is 10.0 Å². The molecular formula is C17H19FN2O4S. The minimum absolute atomic E-state index is 0.0837. The third-order valence-corrected chi connectivity index (χ3v) is 5.08. The molecule has 2 aromatic rings. The van der Waals surface area contributed by atoms with Gasteiger partial charge in [-0.15, -0.1) is 0 Å². The number of methoxy groups -OCH3 is 1. The highest BCUT2D eigenvalue weighted by molar-refractivity contribution is 7.89. The second kappa shape index (κ2) is 7.62. The van der Waals surface area contributed by atoms with E-state index < -0.39 is 28.3 Å². The first-order chi connectivity index (χ1) is 11.7. The molecule has 0 fully saturated rings. The Bertz CT molecular complexity index is 880. The molecule has 1 amide bonds. The molecule has 2 aromatic carbocycles. The number of ether oxygens (including phenoxy) is 1. The van der Waals surface area contributed by atoms with Crippen LogP contribution in [-0.2, 0) is 14.8 Å². The summed E-state index contributed by atoms with van der Waals surface area (Å²) in [4.78, 5) is 12.0. The molecule has 0 unspecified atom stereocenters. The Hall–Kier alpha value is -2.45. The zero-order chi connectivity index (χ0) is 18.6. The number of aryl methyl sites for hydroxylation is 2. The van der Waals surface area contributed by atoms with Gasteiger partial charge >= 0.3 is 0 Å². The Morgan fingerprint density at radius 3 is 2.36 bits per heavy atom. The predicted octanol–water partition coefficient (Wildman–Crippen LogP) is 2.37. The van der Waals surface area contributed by atoms with Crippen molar-refractivity contribution in [3.05, 3.63) is 53.3 Å². The Morgan fingerprint density at radius 2 is 1.76 bits per heavy atom. The summed E-state index contributed by atoms with van der Waals surface area (Å²) in [6.45, 7) is 2.94. The number of amides is 1. The fraction of sp³-hybridized carbons (Fsp3) is 0.235. The van der Waals surface area contributed by atoms with E-state index in [0.29, 0.717) is 22.6 Å². The second-order valence-electron chi connectivity index (χ2n) is 5.47. The van der Waals surface area contributed by atoms with Crippen LogP contribution in [0.2, 0.25) is 0 Å². The first kappa shape index (κ1) is 18.9. The van der Waals surface area contributed by atoms with Crippen molar-refractivity contribution in [3.63, 3.8) is 0 Å². The molecule has 0 bridgehead atoms. The van der Waals surface area contributed by atoms with Crippen molar-refractivity contribution in [2.24, 2.45) is 0 Å². The quantitative estimate of drug-likeness (QED) is 0.822. The number of carbonyl (C=O) groups excluding carboxylic acids is 1. The third kappa shape index (κ3) is 4.77. The minimum atomic E-state index is -3.86. The van der Waals surface area contributed by atoms with Gasteiger partial charge in [0.2, 0.25) is 15.9 Å². The van der Waals surface area contributed by atoms with Crippen LogP contribution in [0.25, 0.3) is 0 Å². The smallest absolute Gasteiger partial charge is 0.241 e. The van der Waals surface area contributed by atoms with Gasteiger partial charge in [-0.25, -0.2) is 17.5 Å². The molecule has 25 heavy (non-hydrogen) atoms. The number of halogens is 1. The highest BCUT2D eigenvalue weighted by Crippen LogP contribution is 2.25. The largest absolute Gasteiger partial charge is 0.496 e. The molecule has 2 N–H and O–H groups in total. The molecule has 0 aliphatic rings. The van der Waals surface area contributed by atoms with Crippen LogP contribution in [-0.4, -0.2) is 28.0 Å². The number of hydrogen-bond acceptors (Lipinski definition) is 4. The van der Waals surface area contributed by atoms with Gasteiger partial charge < -0.3 is 10.1 Å². The third-order valence-electron chi connectivity index (χ3n) is 3.53. The molecule has 0 saturated carbocycles. The van der Waals surface area contributed by atoms with Crippen LogP contribution in [0.1, 0.15) is 11.1 Å². The van der Waals surface area contributed by atoms with E-state index in [1.54, 1.807) is 19.9 Å². The normalized spacial score (nSPS) is 11.2. The van der Waals surface area contributed by atoms with Gasteiger partial charge in [0.25, 0.3) is 0 Å². The summed E-state index contributed by atoms with van der Waals surface area (Å²) in [5.74, 6) is -0.396. The number of rotatable bonds is 6. The van der Waals surface area contributed by atoms with Crippen LogP contribution in [0, 0.1) is 19.7 Å². The maximum Gasteiger partial charge on any atom is 0.241 e. The maximum atomic E-state index is 12.8. The van der Waals surface area contributed by atoms with Crippen molar-refractivity contribution >= 4 is 21.6 Å². The topological polar surface area (TPSA) is 84.5 Å². The lowest BCUT2D eigenvalue weighted by molar-refractivity contribution is -0.115. The van der Waals surface area contributed by atoms with E-state index in [9.17, 15) is 17.6 Å². The van der Waals surface area contributed by atoms with Crippen molar-refractivity contribution in [2.45, 2.75) is 18.7 Å². The van der Waals surface area contributed by atoms with E-state index in [4.69, 9.17) is 4.74 Å². The second-order valence-corrected chi connectivity index (χ2v) is 7.20. The van der Waals surface area contributed by atoms with E-state index in [-0.39, 0.29) is 4.90 Å². The molecule has 134 valence electrons. The van der Waals surface area contributed by atoms with Gasteiger partial charge in [0.1, 0.15) is 11.6 Å². The Kier molecular flexibility index (Phi) is 5.76. The Balaban J connectivity index is 2.07. The van der Waals surface area contributed by atoms with Gasteiger partial charge in [0.15, 0.2) is 0 Å². The summed E-state index contributed by atoms with van der Waals surface area (Å²) in [5, 5.41) is 2.48. The maximum absolute atomic E-state index is 12.8. The van der Waals surface area contributed by atoms with Crippen molar-refractivity contribution in [1.82, 2.24) is 4.72 Å². The van der Waals surface area contributed by atoms with Crippen LogP contribution in [0.4, 0.5) is 10.1 Å². The van der Waals surface area contributed by atoms with E-state index >= 15 is 0 Å². The monoisotopic (exact) mass is 366 g/mol. The lowest BCUT2D eigenvalue weighted by Gasteiger charge is -2.13. The van der Waals surface area contributed by atoms with Crippen molar-refractivity contribution in [1.29, 1.82) is 0 Å². The summed E-state index contributed by atoms with van der Waals surface area (Å²) >= 11 is 0. The summed E-state index contributed by atoms with van der Waals surface area (Å²) in [5.41, 5.74) is 1.56. The van der Waals surface area contributed by atoms with Gasteiger partial charge in [-0.1, -0.05) is 0 Å². The number of sulfonamides is 1. The van der Waals surface area contributed by atoms with Crippen LogP contribution in [0.3, 0.4) is 0 Å². The summed E-state index contributed by atoms with van der Waals surface area (Å²) < 4.78 is 45.1. The zero-order valence-electron chi connectivity index (χ0n) is 14.1. The molecule has 0 aliphatic carbocycles. The Morgan fingerprint density at radius 1 is 1.12 bits per heavy atom. The van der Waals surface area contributed by atoms with E-state index in [1.165, 1.54) is 37.4 Å². The molecule has 0 heterocycles. The van der Waals surface area contributed by atoms with Gasteiger partial charge in [0.05, 0.1) is 18.6 Å². The van der Waals surface area contributed by atoms with Crippen molar-refractivity contribution in [2.75, 3.05) is 19.0 Å². The SMILES string of the molecule is COc1cc(C)c(S(=O)(=O)NCC(=O)Nc2ccc(F)cc2)cc1C. The molecule has 0 spiro atoms. The predicted molar refractivity (Wildman–Crippen MR) is 92.7 cm³/mol. The summed E-state index contributed by atoms with van der Waals surface area (Å²) in [6.07, 6.45) is 0. The van der Waals surface area contributed by atoms with Gasteiger partial charge in [0, 0.05) is 5.69 Å². The average Bonchev–Trinajstić information content (AvgIpc) is 2.57. The lowest BCUT2D eigenvalue weighted by Crippen LogP contribution is -2.33.